The van der Waals surface area contributed by atoms with E-state index >= 15 is 0 Å². The molecule has 2 aromatic heterocycles. The molecule has 1 atom stereocenters. The van der Waals surface area contributed by atoms with Crippen LogP contribution in [0.4, 0.5) is 0 Å². The highest BCUT2D eigenvalue weighted by Crippen LogP contribution is 2.29. The first-order valence-corrected chi connectivity index (χ1v) is 9.76. The van der Waals surface area contributed by atoms with Crippen LogP contribution in [0.25, 0.3) is 11.5 Å². The van der Waals surface area contributed by atoms with Gasteiger partial charge in [-0.25, -0.2) is 4.79 Å². The van der Waals surface area contributed by atoms with Gasteiger partial charge in [0.2, 0.25) is 5.89 Å². The number of Topliss-reactive ketones (excluding diaryl/α,β-unsaturated/α-hetero) is 1. The topological polar surface area (TPSA) is 98.1 Å². The Bertz CT molecular complexity index is 994. The standard InChI is InChI=1S/C20H21N3O4S/c1-5-26-19(25)15-11(2)16(21-12(15)3)17(24)13(4)28-20-23-22-18(27-20)14-9-7-6-8-10-14/h6-10,13,21H,5H2,1-4H3. The van der Waals surface area contributed by atoms with Crippen molar-refractivity contribution in [2.24, 2.45) is 0 Å². The van der Waals surface area contributed by atoms with Crippen LogP contribution in [0, 0.1) is 13.8 Å². The van der Waals surface area contributed by atoms with Crippen LogP contribution in [0.5, 0.6) is 0 Å². The molecule has 0 fully saturated rings. The molecule has 3 aromatic rings. The molecular formula is C20H21N3O4S. The molecular weight excluding hydrogens is 378 g/mol. The molecule has 1 unspecified atom stereocenters. The SMILES string of the molecule is CCOC(=O)c1c(C)[nH]c(C(=O)C(C)Sc2nnc(-c3ccccc3)o2)c1C. The number of nitrogens with one attached hydrogen (secondary N) is 1. The molecule has 1 aromatic carbocycles. The van der Waals surface area contributed by atoms with Gasteiger partial charge < -0.3 is 14.1 Å². The Balaban J connectivity index is 1.76. The highest BCUT2D eigenvalue weighted by molar-refractivity contribution is 8.00. The fourth-order valence-electron chi connectivity index (χ4n) is 2.87. The third-order valence-corrected chi connectivity index (χ3v) is 5.17. The Labute approximate surface area is 166 Å². The summed E-state index contributed by atoms with van der Waals surface area (Å²) in [5.41, 5.74) is 2.82. The number of carbonyl (C=O) groups excluding carboxylic acids is 2. The van der Waals surface area contributed by atoms with E-state index < -0.39 is 11.2 Å². The molecule has 7 nitrogen and oxygen atoms in total. The summed E-state index contributed by atoms with van der Waals surface area (Å²) in [5, 5.41) is 7.88. The van der Waals surface area contributed by atoms with Gasteiger partial charge in [0.05, 0.1) is 23.1 Å². The summed E-state index contributed by atoms with van der Waals surface area (Å²) in [4.78, 5) is 28.0. The summed E-state index contributed by atoms with van der Waals surface area (Å²) >= 11 is 1.18. The molecule has 0 saturated heterocycles. The van der Waals surface area contributed by atoms with E-state index in [1.807, 2.05) is 30.3 Å². The van der Waals surface area contributed by atoms with E-state index in [9.17, 15) is 9.59 Å². The van der Waals surface area contributed by atoms with Crippen LogP contribution in [-0.2, 0) is 4.74 Å². The summed E-state index contributed by atoms with van der Waals surface area (Å²) in [5.74, 6) is -0.183. The van der Waals surface area contributed by atoms with Crippen LogP contribution in [-0.4, -0.2) is 38.8 Å². The largest absolute Gasteiger partial charge is 0.462 e. The zero-order chi connectivity index (χ0) is 20.3. The average molecular weight is 399 g/mol. The van der Waals surface area contributed by atoms with Gasteiger partial charge in [-0.2, -0.15) is 0 Å². The number of aryl methyl sites for hydroxylation is 1. The second kappa shape index (κ2) is 8.43. The molecule has 28 heavy (non-hydrogen) atoms. The number of aromatic amines is 1. The van der Waals surface area contributed by atoms with Gasteiger partial charge in [0.25, 0.3) is 5.22 Å². The van der Waals surface area contributed by atoms with E-state index in [2.05, 4.69) is 15.2 Å². The molecule has 3 rings (SSSR count). The van der Waals surface area contributed by atoms with Crippen molar-refractivity contribution in [2.75, 3.05) is 6.61 Å². The number of rotatable bonds is 7. The number of hydrogen-bond acceptors (Lipinski definition) is 7. The number of thioether (sulfide) groups is 1. The highest BCUT2D eigenvalue weighted by atomic mass is 32.2. The summed E-state index contributed by atoms with van der Waals surface area (Å²) in [6.45, 7) is 7.27. The molecule has 1 N–H and O–H groups in total. The minimum atomic E-state index is -0.476. The van der Waals surface area contributed by atoms with E-state index in [1.54, 1.807) is 27.7 Å². The van der Waals surface area contributed by atoms with Crippen molar-refractivity contribution in [2.45, 2.75) is 38.2 Å². The second-order valence-electron chi connectivity index (χ2n) is 6.21. The first kappa shape index (κ1) is 19.9. The number of aromatic nitrogens is 3. The van der Waals surface area contributed by atoms with Gasteiger partial charge in [-0.1, -0.05) is 30.0 Å². The van der Waals surface area contributed by atoms with Crippen molar-refractivity contribution >= 4 is 23.5 Å². The van der Waals surface area contributed by atoms with Crippen LogP contribution in [0.3, 0.4) is 0 Å². The van der Waals surface area contributed by atoms with E-state index in [1.165, 1.54) is 11.8 Å². The molecule has 8 heteroatoms. The van der Waals surface area contributed by atoms with Gasteiger partial charge in [0, 0.05) is 11.3 Å². The van der Waals surface area contributed by atoms with Gasteiger partial charge in [0.15, 0.2) is 5.78 Å². The van der Waals surface area contributed by atoms with Crippen molar-refractivity contribution in [3.63, 3.8) is 0 Å². The fourth-order valence-corrected chi connectivity index (χ4v) is 3.61. The summed E-state index contributed by atoms with van der Waals surface area (Å²) in [6.07, 6.45) is 0. The van der Waals surface area contributed by atoms with Gasteiger partial charge in [-0.15, -0.1) is 10.2 Å². The highest BCUT2D eigenvalue weighted by Gasteiger charge is 2.27. The smallest absolute Gasteiger partial charge is 0.340 e. The molecule has 0 aliphatic heterocycles. The maximum absolute atomic E-state index is 12.9. The van der Waals surface area contributed by atoms with E-state index in [4.69, 9.17) is 9.15 Å². The molecule has 0 radical (unpaired) electrons. The molecule has 0 aliphatic carbocycles. The number of benzene rings is 1. The fraction of sp³-hybridized carbons (Fsp3) is 0.300. The normalized spacial score (nSPS) is 12.0. The first-order chi connectivity index (χ1) is 13.4. The molecule has 0 amide bonds. The number of carbonyl (C=O) groups is 2. The van der Waals surface area contributed by atoms with Crippen LogP contribution >= 0.6 is 11.8 Å². The summed E-state index contributed by atoms with van der Waals surface area (Å²) in [7, 11) is 0. The van der Waals surface area contributed by atoms with Crippen LogP contribution in [0.1, 0.15) is 46.0 Å². The maximum atomic E-state index is 12.9. The molecule has 0 bridgehead atoms. The predicted molar refractivity (Wildman–Crippen MR) is 106 cm³/mol. The third-order valence-electron chi connectivity index (χ3n) is 4.24. The number of H-pyrrole nitrogens is 1. The number of ether oxygens (including phenoxy) is 1. The third kappa shape index (κ3) is 4.01. The lowest BCUT2D eigenvalue weighted by Gasteiger charge is -2.07. The monoisotopic (exact) mass is 399 g/mol. The van der Waals surface area contributed by atoms with Crippen molar-refractivity contribution in [1.82, 2.24) is 15.2 Å². The lowest BCUT2D eigenvalue weighted by Crippen LogP contribution is -2.15. The number of nitrogens with zero attached hydrogens (tertiary/aromatic N) is 2. The number of ketones is 1. The van der Waals surface area contributed by atoms with E-state index in [0.29, 0.717) is 33.6 Å². The van der Waals surface area contributed by atoms with E-state index in [-0.39, 0.29) is 12.4 Å². The Morgan fingerprint density at radius 3 is 2.61 bits per heavy atom. The van der Waals surface area contributed by atoms with Gasteiger partial charge in [-0.05, 0) is 45.4 Å². The lowest BCUT2D eigenvalue weighted by molar-refractivity contribution is 0.0525. The second-order valence-corrected chi connectivity index (χ2v) is 7.50. The van der Waals surface area contributed by atoms with Crippen molar-refractivity contribution < 1.29 is 18.7 Å². The van der Waals surface area contributed by atoms with Gasteiger partial charge >= 0.3 is 5.97 Å². The quantitative estimate of drug-likeness (QED) is 0.361. The Morgan fingerprint density at radius 2 is 1.93 bits per heavy atom. The number of hydrogen-bond donors (Lipinski definition) is 1. The number of esters is 1. The minimum absolute atomic E-state index is 0.152. The molecule has 146 valence electrons. The average Bonchev–Trinajstić information content (AvgIpc) is 3.26. The van der Waals surface area contributed by atoms with Gasteiger partial charge in [-0.3, -0.25) is 4.79 Å². The summed E-state index contributed by atoms with van der Waals surface area (Å²) in [6, 6.07) is 9.42. The van der Waals surface area contributed by atoms with Crippen LogP contribution in [0.2, 0.25) is 0 Å². The zero-order valence-corrected chi connectivity index (χ0v) is 16.9. The first-order valence-electron chi connectivity index (χ1n) is 8.88. The summed E-state index contributed by atoms with van der Waals surface area (Å²) < 4.78 is 10.7. The predicted octanol–water partition coefficient (Wildman–Crippen LogP) is 4.22. The molecule has 2 heterocycles. The van der Waals surface area contributed by atoms with Gasteiger partial charge in [0.1, 0.15) is 0 Å². The Morgan fingerprint density at radius 1 is 1.21 bits per heavy atom. The zero-order valence-electron chi connectivity index (χ0n) is 16.1. The maximum Gasteiger partial charge on any atom is 0.340 e. The molecule has 0 spiro atoms. The molecule has 0 aliphatic rings. The lowest BCUT2D eigenvalue weighted by atomic mass is 10.1. The van der Waals surface area contributed by atoms with Crippen LogP contribution < -0.4 is 0 Å². The van der Waals surface area contributed by atoms with Crippen molar-refractivity contribution in [3.8, 4) is 11.5 Å². The Hall–Kier alpha value is -2.87. The van der Waals surface area contributed by atoms with Crippen molar-refractivity contribution in [1.29, 1.82) is 0 Å². The molecule has 0 saturated carbocycles. The minimum Gasteiger partial charge on any atom is -0.462 e. The van der Waals surface area contributed by atoms with E-state index in [0.717, 1.165) is 5.56 Å². The van der Waals surface area contributed by atoms with Crippen molar-refractivity contribution in [3.05, 3.63) is 52.8 Å². The van der Waals surface area contributed by atoms with Crippen LogP contribution in [0.15, 0.2) is 40.0 Å². The Kier molecular flexibility index (Phi) is 5.99.